The van der Waals surface area contributed by atoms with Crippen molar-refractivity contribution in [1.29, 1.82) is 0 Å². The Morgan fingerprint density at radius 1 is 1.50 bits per heavy atom. The molecule has 0 unspecified atom stereocenters. The summed E-state index contributed by atoms with van der Waals surface area (Å²) in [4.78, 5) is 16.0. The zero-order valence-electron chi connectivity index (χ0n) is 10.2. The van der Waals surface area contributed by atoms with Crippen LogP contribution >= 0.6 is 0 Å². The summed E-state index contributed by atoms with van der Waals surface area (Å²) in [6, 6.07) is 0. The largest absolute Gasteiger partial charge is 0.382 e. The molecule has 0 atom stereocenters. The van der Waals surface area contributed by atoms with E-state index in [0.717, 1.165) is 5.82 Å². The second-order valence-corrected chi connectivity index (χ2v) is 4.12. The van der Waals surface area contributed by atoms with E-state index in [1.54, 1.807) is 6.20 Å². The van der Waals surface area contributed by atoms with E-state index < -0.39 is 5.60 Å². The molecule has 4 nitrogen and oxygen atoms in total. The second-order valence-electron chi connectivity index (χ2n) is 4.12. The van der Waals surface area contributed by atoms with Crippen LogP contribution < -0.4 is 0 Å². The molecule has 1 N–H and O–H groups in total. The van der Waals surface area contributed by atoms with Gasteiger partial charge in [0.2, 0.25) is 0 Å². The predicted molar refractivity (Wildman–Crippen MR) is 62.1 cm³/mol. The van der Waals surface area contributed by atoms with Gasteiger partial charge in [0.05, 0.1) is 0 Å². The number of ketones is 1. The Kier molecular flexibility index (Phi) is 4.24. The summed E-state index contributed by atoms with van der Waals surface area (Å²) < 4.78 is 1.89. The van der Waals surface area contributed by atoms with Crippen LogP contribution in [0.5, 0.6) is 0 Å². The lowest BCUT2D eigenvalue weighted by Gasteiger charge is -2.23. The Balaban J connectivity index is 2.56. The molecule has 0 aliphatic rings. The highest BCUT2D eigenvalue weighted by atomic mass is 16.3. The molecular weight excluding hydrogens is 204 g/mol. The molecule has 0 spiro atoms. The van der Waals surface area contributed by atoms with Gasteiger partial charge in [-0.1, -0.05) is 13.8 Å². The highest BCUT2D eigenvalue weighted by Gasteiger charge is 2.30. The van der Waals surface area contributed by atoms with Crippen molar-refractivity contribution in [3.63, 3.8) is 0 Å². The van der Waals surface area contributed by atoms with Crippen molar-refractivity contribution in [3.8, 4) is 0 Å². The average Bonchev–Trinajstić information content (AvgIpc) is 2.70. The van der Waals surface area contributed by atoms with Crippen LogP contribution in [-0.4, -0.2) is 26.0 Å². The summed E-state index contributed by atoms with van der Waals surface area (Å²) in [6.45, 7) is 3.67. The second kappa shape index (κ2) is 5.25. The van der Waals surface area contributed by atoms with Crippen LogP contribution in [0.2, 0.25) is 0 Å². The van der Waals surface area contributed by atoms with E-state index in [2.05, 4.69) is 4.98 Å². The van der Waals surface area contributed by atoms with Crippen molar-refractivity contribution in [2.75, 3.05) is 0 Å². The quantitative estimate of drug-likeness (QED) is 0.796. The Labute approximate surface area is 96.3 Å². The number of aliphatic hydroxyl groups is 1. The Bertz CT molecular complexity index is 354. The third kappa shape index (κ3) is 2.70. The fourth-order valence-electron chi connectivity index (χ4n) is 1.74. The summed E-state index contributed by atoms with van der Waals surface area (Å²) in [5, 5.41) is 10.0. The average molecular weight is 224 g/mol. The molecule has 1 aromatic rings. The minimum Gasteiger partial charge on any atom is -0.382 e. The molecule has 90 valence electrons. The first-order chi connectivity index (χ1) is 7.53. The zero-order chi connectivity index (χ0) is 12.2. The highest BCUT2D eigenvalue weighted by molar-refractivity contribution is 5.87. The van der Waals surface area contributed by atoms with Crippen LogP contribution in [0.4, 0.5) is 0 Å². The lowest BCUT2D eigenvalue weighted by molar-refractivity contribution is -0.138. The van der Waals surface area contributed by atoms with Crippen molar-refractivity contribution < 1.29 is 9.90 Å². The molecular formula is C12H20N2O2. The van der Waals surface area contributed by atoms with E-state index >= 15 is 0 Å². The summed E-state index contributed by atoms with van der Waals surface area (Å²) in [7, 11) is 1.90. The van der Waals surface area contributed by atoms with Gasteiger partial charge in [-0.25, -0.2) is 4.98 Å². The minimum atomic E-state index is -1.15. The smallest absolute Gasteiger partial charge is 0.164 e. The van der Waals surface area contributed by atoms with Gasteiger partial charge in [0.25, 0.3) is 0 Å². The fourth-order valence-corrected chi connectivity index (χ4v) is 1.74. The van der Waals surface area contributed by atoms with Gasteiger partial charge in [-0.15, -0.1) is 0 Å². The highest BCUT2D eigenvalue weighted by Crippen LogP contribution is 2.18. The van der Waals surface area contributed by atoms with Gasteiger partial charge in [-0.05, 0) is 12.8 Å². The van der Waals surface area contributed by atoms with Crippen molar-refractivity contribution in [1.82, 2.24) is 9.55 Å². The van der Waals surface area contributed by atoms with Crippen molar-refractivity contribution >= 4 is 5.78 Å². The maximum atomic E-state index is 11.8. The Morgan fingerprint density at radius 3 is 2.56 bits per heavy atom. The fraction of sp³-hybridized carbons (Fsp3) is 0.667. The number of aromatic nitrogens is 2. The van der Waals surface area contributed by atoms with Gasteiger partial charge in [0.1, 0.15) is 11.4 Å². The number of aryl methyl sites for hydroxylation is 2. The summed E-state index contributed by atoms with van der Waals surface area (Å²) >= 11 is 0. The molecule has 0 bridgehead atoms. The van der Waals surface area contributed by atoms with Gasteiger partial charge in [-0.3, -0.25) is 4.79 Å². The Hall–Kier alpha value is -1.16. The number of carbonyl (C=O) groups excluding carboxylic acids is 1. The van der Waals surface area contributed by atoms with Crippen LogP contribution in [0.25, 0.3) is 0 Å². The normalized spacial score (nSPS) is 11.8. The molecule has 0 aliphatic carbocycles. The molecule has 0 amide bonds. The predicted octanol–water partition coefficient (Wildman–Crippen LogP) is 1.47. The van der Waals surface area contributed by atoms with Crippen molar-refractivity contribution in [2.24, 2.45) is 7.05 Å². The summed E-state index contributed by atoms with van der Waals surface area (Å²) in [5.41, 5.74) is -1.15. The first-order valence-electron chi connectivity index (χ1n) is 5.75. The first kappa shape index (κ1) is 12.9. The zero-order valence-corrected chi connectivity index (χ0v) is 10.2. The Morgan fingerprint density at radius 2 is 2.12 bits per heavy atom. The lowest BCUT2D eigenvalue weighted by Crippen LogP contribution is -2.37. The van der Waals surface area contributed by atoms with Gasteiger partial charge >= 0.3 is 0 Å². The summed E-state index contributed by atoms with van der Waals surface area (Å²) in [6.07, 6.45) is 5.46. The van der Waals surface area contributed by atoms with E-state index in [0.29, 0.717) is 25.7 Å². The van der Waals surface area contributed by atoms with Crippen LogP contribution in [0.15, 0.2) is 12.4 Å². The topological polar surface area (TPSA) is 55.1 Å². The summed E-state index contributed by atoms with van der Waals surface area (Å²) in [5.74, 6) is 0.795. The van der Waals surface area contributed by atoms with Gasteiger partial charge in [0, 0.05) is 32.3 Å². The van der Waals surface area contributed by atoms with Gasteiger partial charge in [0.15, 0.2) is 5.78 Å². The van der Waals surface area contributed by atoms with Crippen LogP contribution in [-0.2, 0) is 18.3 Å². The number of Topliss-reactive ketones (excluding diaryl/α,β-unsaturated/α-hetero) is 1. The minimum absolute atomic E-state index is 0.0829. The maximum Gasteiger partial charge on any atom is 0.164 e. The number of carbonyl (C=O) groups is 1. The van der Waals surface area contributed by atoms with Crippen LogP contribution in [0.1, 0.15) is 38.9 Å². The number of rotatable bonds is 6. The van der Waals surface area contributed by atoms with Crippen molar-refractivity contribution in [3.05, 3.63) is 18.2 Å². The van der Waals surface area contributed by atoms with Crippen LogP contribution in [0.3, 0.4) is 0 Å². The number of hydrogen-bond acceptors (Lipinski definition) is 3. The lowest BCUT2D eigenvalue weighted by atomic mass is 9.89. The van der Waals surface area contributed by atoms with Crippen molar-refractivity contribution in [2.45, 2.75) is 45.1 Å². The number of nitrogens with zero attached hydrogens (tertiary/aromatic N) is 2. The number of imidazole rings is 1. The first-order valence-corrected chi connectivity index (χ1v) is 5.75. The van der Waals surface area contributed by atoms with Gasteiger partial charge < -0.3 is 9.67 Å². The molecule has 0 fully saturated rings. The van der Waals surface area contributed by atoms with Gasteiger partial charge in [-0.2, -0.15) is 0 Å². The third-order valence-electron chi connectivity index (χ3n) is 3.19. The molecule has 0 saturated carbocycles. The molecule has 0 aliphatic heterocycles. The maximum absolute atomic E-state index is 11.8. The molecule has 0 radical (unpaired) electrons. The molecule has 1 rings (SSSR count). The monoisotopic (exact) mass is 224 g/mol. The van der Waals surface area contributed by atoms with Crippen LogP contribution in [0, 0.1) is 0 Å². The molecule has 0 aromatic carbocycles. The van der Waals surface area contributed by atoms with E-state index in [-0.39, 0.29) is 5.78 Å². The van der Waals surface area contributed by atoms with E-state index in [1.807, 2.05) is 31.7 Å². The van der Waals surface area contributed by atoms with E-state index in [4.69, 9.17) is 0 Å². The molecule has 1 heterocycles. The SMILES string of the molecule is CCC(O)(CC)C(=O)CCc1nccn1C. The standard InChI is InChI=1S/C12H20N2O2/c1-4-12(16,5-2)10(15)6-7-11-13-8-9-14(11)3/h8-9,16H,4-7H2,1-3H3. The molecule has 16 heavy (non-hydrogen) atoms. The number of hydrogen-bond donors (Lipinski definition) is 1. The van der Waals surface area contributed by atoms with E-state index in [9.17, 15) is 9.90 Å². The third-order valence-corrected chi connectivity index (χ3v) is 3.19. The van der Waals surface area contributed by atoms with E-state index in [1.165, 1.54) is 0 Å². The molecule has 1 aromatic heterocycles. The molecule has 0 saturated heterocycles. The molecule has 4 heteroatoms.